The van der Waals surface area contributed by atoms with Crippen molar-refractivity contribution in [2.45, 2.75) is 37.4 Å². The highest BCUT2D eigenvalue weighted by Gasteiger charge is 2.23. The molecule has 2 aromatic rings. The number of H-pyrrole nitrogens is 1. The number of aryl methyl sites for hydroxylation is 1. The molecule has 1 aliphatic carbocycles. The van der Waals surface area contributed by atoms with Gasteiger partial charge in [-0.25, -0.2) is 4.98 Å². The molecule has 2 aromatic heterocycles. The number of nitrogens with one attached hydrogen (secondary N) is 3. The largest absolute Gasteiger partial charge is 0.353 e. The second-order valence-corrected chi connectivity index (χ2v) is 7.67. The van der Waals surface area contributed by atoms with E-state index in [0.717, 1.165) is 29.6 Å². The van der Waals surface area contributed by atoms with Crippen LogP contribution < -0.4 is 16.2 Å². The lowest BCUT2D eigenvalue weighted by molar-refractivity contribution is -0.120. The van der Waals surface area contributed by atoms with Gasteiger partial charge in [-0.3, -0.25) is 19.7 Å². The van der Waals surface area contributed by atoms with E-state index in [2.05, 4.69) is 30.8 Å². The van der Waals surface area contributed by atoms with E-state index in [4.69, 9.17) is 0 Å². The molecule has 0 spiro atoms. The Kier molecular flexibility index (Phi) is 5.43. The maximum atomic E-state index is 11.9. The maximum absolute atomic E-state index is 11.9. The molecule has 0 aromatic carbocycles. The molecule has 1 saturated carbocycles. The molecule has 3 N–H and O–H groups in total. The fraction of sp³-hybridized carbons (Fsp3) is 0.429. The minimum atomic E-state index is -0.355. The van der Waals surface area contributed by atoms with Crippen LogP contribution in [-0.2, 0) is 16.0 Å². The highest BCUT2D eigenvalue weighted by molar-refractivity contribution is 7.99. The summed E-state index contributed by atoms with van der Waals surface area (Å²) in [5.41, 5.74) is 0.0245. The molecule has 0 unspecified atom stereocenters. The first kappa shape index (κ1) is 17.5. The Morgan fingerprint density at radius 1 is 1.36 bits per heavy atom. The molecular formula is C14H16N6O3S2. The summed E-state index contributed by atoms with van der Waals surface area (Å²) in [5.74, 6) is -0.374. The number of thioether (sulfide) groups is 1. The third-order valence-electron chi connectivity index (χ3n) is 3.17. The van der Waals surface area contributed by atoms with Gasteiger partial charge in [-0.05, 0) is 19.8 Å². The zero-order valence-corrected chi connectivity index (χ0v) is 15.0. The predicted octanol–water partition coefficient (Wildman–Crippen LogP) is 0.482. The van der Waals surface area contributed by atoms with E-state index in [-0.39, 0.29) is 35.6 Å². The van der Waals surface area contributed by atoms with Crippen LogP contribution in [0.4, 0.5) is 5.13 Å². The van der Waals surface area contributed by atoms with E-state index in [1.54, 1.807) is 6.92 Å². The standard InChI is InChI=1S/C14H16N6O3S2/c1-7-19-20-14(25-7)18-12(23)6-24-13-16-9(5-11(22)17-13)4-10(21)15-8-2-3-8/h5,8H,2-4,6H2,1H3,(H,15,21)(H,16,17,22)(H,18,20,23). The Bertz CT molecular complexity index is 845. The Hall–Kier alpha value is -2.27. The van der Waals surface area contributed by atoms with Crippen LogP contribution in [0.5, 0.6) is 0 Å². The molecule has 1 fully saturated rings. The minimum Gasteiger partial charge on any atom is -0.353 e. The zero-order chi connectivity index (χ0) is 17.8. The summed E-state index contributed by atoms with van der Waals surface area (Å²) in [4.78, 5) is 42.2. The maximum Gasteiger partial charge on any atom is 0.251 e. The van der Waals surface area contributed by atoms with Crippen molar-refractivity contribution >= 4 is 40.0 Å². The van der Waals surface area contributed by atoms with Crippen molar-refractivity contribution in [2.75, 3.05) is 11.1 Å². The first-order chi connectivity index (χ1) is 12.0. The SMILES string of the molecule is Cc1nnc(NC(=O)CSc2nc(CC(=O)NC3CC3)cc(=O)[nH]2)s1. The normalized spacial score (nSPS) is 13.5. The van der Waals surface area contributed by atoms with E-state index in [1.165, 1.54) is 17.4 Å². The molecule has 2 amide bonds. The molecule has 0 saturated heterocycles. The van der Waals surface area contributed by atoms with Crippen molar-refractivity contribution in [2.24, 2.45) is 0 Å². The number of aromatic amines is 1. The average molecular weight is 380 g/mol. The van der Waals surface area contributed by atoms with E-state index in [1.807, 2.05) is 0 Å². The fourth-order valence-electron chi connectivity index (χ4n) is 1.95. The van der Waals surface area contributed by atoms with Crippen LogP contribution in [0.2, 0.25) is 0 Å². The Labute approximate surface area is 151 Å². The number of nitrogens with zero attached hydrogens (tertiary/aromatic N) is 3. The van der Waals surface area contributed by atoms with Crippen molar-refractivity contribution in [1.29, 1.82) is 0 Å². The van der Waals surface area contributed by atoms with Gasteiger partial charge in [0.25, 0.3) is 5.56 Å². The summed E-state index contributed by atoms with van der Waals surface area (Å²) >= 11 is 2.36. The number of carbonyl (C=O) groups excluding carboxylic acids is 2. The Morgan fingerprint density at radius 2 is 2.16 bits per heavy atom. The Morgan fingerprint density at radius 3 is 2.84 bits per heavy atom. The quantitative estimate of drug-likeness (QED) is 0.470. The van der Waals surface area contributed by atoms with Gasteiger partial charge in [-0.1, -0.05) is 23.1 Å². The van der Waals surface area contributed by atoms with E-state index >= 15 is 0 Å². The third-order valence-corrected chi connectivity index (χ3v) is 4.80. The molecule has 25 heavy (non-hydrogen) atoms. The van der Waals surface area contributed by atoms with Crippen LogP contribution in [-0.4, -0.2) is 43.8 Å². The average Bonchev–Trinajstić information content (AvgIpc) is 3.25. The van der Waals surface area contributed by atoms with Crippen LogP contribution in [0, 0.1) is 6.92 Å². The molecule has 0 atom stereocenters. The van der Waals surface area contributed by atoms with Crippen molar-refractivity contribution in [1.82, 2.24) is 25.5 Å². The number of hydrogen-bond donors (Lipinski definition) is 3. The molecule has 0 radical (unpaired) electrons. The molecule has 0 bridgehead atoms. The van der Waals surface area contributed by atoms with Crippen LogP contribution in [0.1, 0.15) is 23.5 Å². The van der Waals surface area contributed by atoms with Crippen LogP contribution in [0.25, 0.3) is 0 Å². The van der Waals surface area contributed by atoms with Crippen LogP contribution >= 0.6 is 23.1 Å². The van der Waals surface area contributed by atoms with Crippen LogP contribution in [0.3, 0.4) is 0 Å². The van der Waals surface area contributed by atoms with Crippen molar-refractivity contribution in [3.05, 3.63) is 27.1 Å². The highest BCUT2D eigenvalue weighted by atomic mass is 32.2. The molecule has 0 aliphatic heterocycles. The summed E-state index contributed by atoms with van der Waals surface area (Å²) in [5, 5.41) is 14.6. The lowest BCUT2D eigenvalue weighted by atomic mass is 10.3. The second-order valence-electron chi connectivity index (χ2n) is 5.52. The molecule has 2 heterocycles. The van der Waals surface area contributed by atoms with Crippen LogP contribution in [0.15, 0.2) is 16.0 Å². The highest BCUT2D eigenvalue weighted by Crippen LogP contribution is 2.19. The monoisotopic (exact) mass is 380 g/mol. The number of rotatable bonds is 7. The van der Waals surface area contributed by atoms with E-state index in [0.29, 0.717) is 16.0 Å². The molecule has 132 valence electrons. The molecule has 3 rings (SSSR count). The number of aromatic nitrogens is 4. The van der Waals surface area contributed by atoms with Crippen molar-refractivity contribution < 1.29 is 9.59 Å². The summed E-state index contributed by atoms with van der Waals surface area (Å²) in [7, 11) is 0. The van der Waals surface area contributed by atoms with Crippen molar-refractivity contribution in [3.63, 3.8) is 0 Å². The summed E-state index contributed by atoms with van der Waals surface area (Å²) in [6.45, 7) is 1.79. The number of hydrogen-bond acceptors (Lipinski definition) is 8. The first-order valence-corrected chi connectivity index (χ1v) is 9.40. The molecular weight excluding hydrogens is 364 g/mol. The van der Waals surface area contributed by atoms with Gasteiger partial charge in [-0.2, -0.15) is 0 Å². The number of anilines is 1. The van der Waals surface area contributed by atoms with Gasteiger partial charge >= 0.3 is 0 Å². The zero-order valence-electron chi connectivity index (χ0n) is 13.4. The molecule has 9 nitrogen and oxygen atoms in total. The summed E-state index contributed by atoms with van der Waals surface area (Å²) in [6, 6.07) is 1.55. The molecule has 11 heteroatoms. The number of carbonyl (C=O) groups is 2. The summed E-state index contributed by atoms with van der Waals surface area (Å²) < 4.78 is 0. The van der Waals surface area contributed by atoms with Gasteiger partial charge in [0, 0.05) is 12.1 Å². The first-order valence-electron chi connectivity index (χ1n) is 7.60. The topological polar surface area (TPSA) is 130 Å². The smallest absolute Gasteiger partial charge is 0.251 e. The lowest BCUT2D eigenvalue weighted by Gasteiger charge is -2.05. The second kappa shape index (κ2) is 7.74. The van der Waals surface area contributed by atoms with Gasteiger partial charge < -0.3 is 10.3 Å². The fourth-order valence-corrected chi connectivity index (χ4v) is 3.25. The number of amides is 2. The molecule has 1 aliphatic rings. The predicted molar refractivity (Wildman–Crippen MR) is 93.7 cm³/mol. The van der Waals surface area contributed by atoms with Gasteiger partial charge in [0.1, 0.15) is 5.01 Å². The van der Waals surface area contributed by atoms with Gasteiger partial charge in [0.05, 0.1) is 17.9 Å². The van der Waals surface area contributed by atoms with Crippen molar-refractivity contribution in [3.8, 4) is 0 Å². The van der Waals surface area contributed by atoms with Gasteiger partial charge in [0.2, 0.25) is 16.9 Å². The lowest BCUT2D eigenvalue weighted by Crippen LogP contribution is -2.28. The summed E-state index contributed by atoms with van der Waals surface area (Å²) in [6.07, 6.45) is 2.04. The van der Waals surface area contributed by atoms with E-state index < -0.39 is 0 Å². The van der Waals surface area contributed by atoms with E-state index in [9.17, 15) is 14.4 Å². The Balaban J connectivity index is 1.55. The van der Waals surface area contributed by atoms with Gasteiger partial charge in [0.15, 0.2) is 5.16 Å². The minimum absolute atomic E-state index is 0.0459. The van der Waals surface area contributed by atoms with Gasteiger partial charge in [-0.15, -0.1) is 10.2 Å². The third kappa shape index (κ3) is 5.64.